The number of hydrogen-bond acceptors (Lipinski definition) is 4. The number of para-hydroxylation sites is 1. The van der Waals surface area contributed by atoms with E-state index in [0.29, 0.717) is 10.9 Å². The van der Waals surface area contributed by atoms with Gasteiger partial charge in [0, 0.05) is 0 Å². The van der Waals surface area contributed by atoms with Crippen LogP contribution in [0.3, 0.4) is 0 Å². The van der Waals surface area contributed by atoms with Crippen molar-refractivity contribution in [3.05, 3.63) is 30.3 Å². The molecule has 0 atom stereocenters. The van der Waals surface area contributed by atoms with Crippen LogP contribution in [0.1, 0.15) is 0 Å². The molecule has 0 unspecified atom stereocenters. The van der Waals surface area contributed by atoms with Crippen molar-refractivity contribution in [3.8, 4) is 0 Å². The van der Waals surface area contributed by atoms with Crippen LogP contribution in [0.5, 0.6) is 0 Å². The van der Waals surface area contributed by atoms with Gasteiger partial charge in [-0.25, -0.2) is 4.89 Å². The van der Waals surface area contributed by atoms with Gasteiger partial charge in [-0.15, -0.1) is 0 Å². The number of nitrogens with zero attached hydrogens (tertiary/aromatic N) is 1. The second-order valence-electron chi connectivity index (χ2n) is 1.85. The van der Waals surface area contributed by atoms with Gasteiger partial charge in [-0.1, -0.05) is 28.4 Å². The molecule has 0 radical (unpaired) electrons. The first-order chi connectivity index (χ1) is 5.34. The van der Waals surface area contributed by atoms with Crippen molar-refractivity contribution in [2.24, 2.45) is 0 Å². The van der Waals surface area contributed by atoms with Gasteiger partial charge in [0.1, 0.15) is 0 Å². The monoisotopic (exact) mass is 155 g/mol. The molecular formula is C7H9NO3. The van der Waals surface area contributed by atoms with Crippen molar-refractivity contribution in [3.63, 3.8) is 0 Å². The standard InChI is InChI=1S/C7H9NO3/c1-10-11-8(9)7-5-3-2-4-6-7/h2-6,9H,1H3. The molecule has 0 amide bonds. The predicted molar refractivity (Wildman–Crippen MR) is 38.8 cm³/mol. The van der Waals surface area contributed by atoms with Gasteiger partial charge >= 0.3 is 0 Å². The molecule has 0 bridgehead atoms. The van der Waals surface area contributed by atoms with Crippen molar-refractivity contribution in [2.75, 3.05) is 12.3 Å². The molecule has 4 nitrogen and oxygen atoms in total. The molecule has 0 saturated carbocycles. The minimum absolute atomic E-state index is 0.509. The first-order valence-electron chi connectivity index (χ1n) is 3.09. The Morgan fingerprint density at radius 2 is 1.91 bits per heavy atom. The maximum Gasteiger partial charge on any atom is 0.0975 e. The summed E-state index contributed by atoms with van der Waals surface area (Å²) in [5.74, 6) is 0. The van der Waals surface area contributed by atoms with E-state index in [1.54, 1.807) is 24.3 Å². The first kappa shape index (κ1) is 8.00. The van der Waals surface area contributed by atoms with E-state index in [2.05, 4.69) is 9.88 Å². The Bertz CT molecular complexity index is 202. The van der Waals surface area contributed by atoms with Gasteiger partial charge < -0.3 is 0 Å². The van der Waals surface area contributed by atoms with Crippen LogP contribution < -0.4 is 5.23 Å². The van der Waals surface area contributed by atoms with E-state index in [1.165, 1.54) is 7.11 Å². The van der Waals surface area contributed by atoms with Gasteiger partial charge in [-0.2, -0.15) is 0 Å². The number of anilines is 1. The van der Waals surface area contributed by atoms with Crippen LogP contribution in [0.15, 0.2) is 30.3 Å². The lowest BCUT2D eigenvalue weighted by molar-refractivity contribution is -0.327. The third-order valence-corrected chi connectivity index (χ3v) is 1.12. The van der Waals surface area contributed by atoms with Crippen LogP contribution in [-0.2, 0) is 9.88 Å². The second-order valence-corrected chi connectivity index (χ2v) is 1.85. The molecule has 0 heterocycles. The van der Waals surface area contributed by atoms with Gasteiger partial charge in [0.25, 0.3) is 0 Å². The molecule has 4 heteroatoms. The Labute approximate surface area is 64.4 Å². The fourth-order valence-electron chi connectivity index (χ4n) is 0.669. The maximum absolute atomic E-state index is 9.01. The molecule has 0 aliphatic heterocycles. The minimum atomic E-state index is 0.509. The molecule has 0 fully saturated rings. The third kappa shape index (κ3) is 2.19. The van der Waals surface area contributed by atoms with Crippen molar-refractivity contribution in [1.29, 1.82) is 0 Å². The molecule has 1 N–H and O–H groups in total. The zero-order valence-electron chi connectivity index (χ0n) is 6.10. The quantitative estimate of drug-likeness (QED) is 0.528. The summed E-state index contributed by atoms with van der Waals surface area (Å²) in [5, 5.41) is 9.55. The summed E-state index contributed by atoms with van der Waals surface area (Å²) >= 11 is 0. The van der Waals surface area contributed by atoms with Gasteiger partial charge in [0.15, 0.2) is 0 Å². The summed E-state index contributed by atoms with van der Waals surface area (Å²) in [6, 6.07) is 8.75. The van der Waals surface area contributed by atoms with Crippen molar-refractivity contribution < 1.29 is 15.1 Å². The smallest absolute Gasteiger partial charge is 0.0975 e. The molecule has 1 rings (SSSR count). The van der Waals surface area contributed by atoms with E-state index in [1.807, 2.05) is 6.07 Å². The average molecular weight is 155 g/mol. The predicted octanol–water partition coefficient (Wildman–Crippen LogP) is 1.38. The zero-order chi connectivity index (χ0) is 8.10. The lowest BCUT2D eigenvalue weighted by Crippen LogP contribution is -2.17. The molecule has 1 aromatic carbocycles. The van der Waals surface area contributed by atoms with Crippen molar-refractivity contribution >= 4 is 5.69 Å². The molecular weight excluding hydrogens is 146 g/mol. The molecule has 0 aliphatic rings. The zero-order valence-corrected chi connectivity index (χ0v) is 6.10. The number of rotatable bonds is 3. The van der Waals surface area contributed by atoms with Gasteiger partial charge in [-0.05, 0) is 12.1 Å². The molecule has 0 saturated heterocycles. The minimum Gasteiger partial charge on any atom is -0.262 e. The normalized spacial score (nSPS) is 9.64. The molecule has 0 spiro atoms. The van der Waals surface area contributed by atoms with Gasteiger partial charge in [0.2, 0.25) is 0 Å². The highest BCUT2D eigenvalue weighted by atomic mass is 17.3. The summed E-state index contributed by atoms with van der Waals surface area (Å²) in [7, 11) is 1.31. The van der Waals surface area contributed by atoms with E-state index in [9.17, 15) is 0 Å². The van der Waals surface area contributed by atoms with Crippen LogP contribution >= 0.6 is 0 Å². The van der Waals surface area contributed by atoms with E-state index < -0.39 is 0 Å². The maximum atomic E-state index is 9.01. The van der Waals surface area contributed by atoms with Crippen LogP contribution in [0, 0.1) is 0 Å². The van der Waals surface area contributed by atoms with Crippen molar-refractivity contribution in [1.82, 2.24) is 0 Å². The molecule has 0 aliphatic carbocycles. The van der Waals surface area contributed by atoms with E-state index >= 15 is 0 Å². The van der Waals surface area contributed by atoms with Crippen LogP contribution in [0.4, 0.5) is 5.69 Å². The van der Waals surface area contributed by atoms with Gasteiger partial charge in [-0.3, -0.25) is 5.21 Å². The molecule has 11 heavy (non-hydrogen) atoms. The topological polar surface area (TPSA) is 41.9 Å². The van der Waals surface area contributed by atoms with Crippen LogP contribution in [0.2, 0.25) is 0 Å². The summed E-state index contributed by atoms with van der Waals surface area (Å²) in [5.41, 5.74) is 0.509. The second kappa shape index (κ2) is 3.92. The Hall–Kier alpha value is -1.10. The largest absolute Gasteiger partial charge is 0.262 e. The number of benzene rings is 1. The van der Waals surface area contributed by atoms with Gasteiger partial charge in [0.05, 0.1) is 12.8 Å². The van der Waals surface area contributed by atoms with Crippen LogP contribution in [0.25, 0.3) is 0 Å². The van der Waals surface area contributed by atoms with Crippen molar-refractivity contribution in [2.45, 2.75) is 0 Å². The highest BCUT2D eigenvalue weighted by Crippen LogP contribution is 2.10. The molecule has 60 valence electrons. The average Bonchev–Trinajstić information content (AvgIpc) is 2.07. The first-order valence-corrected chi connectivity index (χ1v) is 3.09. The number of hydrogen-bond donors (Lipinski definition) is 1. The fourth-order valence-corrected chi connectivity index (χ4v) is 0.669. The highest BCUT2D eigenvalue weighted by Gasteiger charge is 2.00. The lowest BCUT2D eigenvalue weighted by atomic mass is 10.3. The fraction of sp³-hybridized carbons (Fsp3) is 0.143. The van der Waals surface area contributed by atoms with E-state index in [0.717, 1.165) is 0 Å². The SMILES string of the molecule is COON(O)c1ccccc1. The summed E-state index contributed by atoms with van der Waals surface area (Å²) < 4.78 is 0. The summed E-state index contributed by atoms with van der Waals surface area (Å²) in [4.78, 5) is 8.55. The van der Waals surface area contributed by atoms with E-state index in [4.69, 9.17) is 5.21 Å². The third-order valence-electron chi connectivity index (χ3n) is 1.12. The Morgan fingerprint density at radius 3 is 2.45 bits per heavy atom. The Morgan fingerprint density at radius 1 is 1.27 bits per heavy atom. The summed E-state index contributed by atoms with van der Waals surface area (Å²) in [6.07, 6.45) is 0. The Kier molecular flexibility index (Phi) is 2.85. The highest BCUT2D eigenvalue weighted by molar-refractivity contribution is 5.40. The Balaban J connectivity index is 2.61. The molecule has 1 aromatic rings. The summed E-state index contributed by atoms with van der Waals surface area (Å²) in [6.45, 7) is 0. The van der Waals surface area contributed by atoms with E-state index in [-0.39, 0.29) is 0 Å². The lowest BCUT2D eigenvalue weighted by Gasteiger charge is -2.11. The molecule has 0 aromatic heterocycles. The van der Waals surface area contributed by atoms with Crippen LogP contribution in [-0.4, -0.2) is 12.3 Å².